The number of aromatic nitrogens is 1. The Morgan fingerprint density at radius 3 is 2.22 bits per heavy atom. The molecule has 0 bridgehead atoms. The van der Waals surface area contributed by atoms with Gasteiger partial charge in [-0.1, -0.05) is 23.2 Å². The molecule has 0 saturated carbocycles. The van der Waals surface area contributed by atoms with Gasteiger partial charge in [0.2, 0.25) is 0 Å². The highest BCUT2D eigenvalue weighted by atomic mass is 35.5. The number of β-amino-alcohol motifs (C(OH)–C–C–N with tert-alkyl or cyclic N) is 1. The summed E-state index contributed by atoms with van der Waals surface area (Å²) in [6.07, 6.45) is 1.57. The van der Waals surface area contributed by atoms with E-state index in [1.165, 1.54) is 0 Å². The fraction of sp³-hybridized carbons (Fsp3) is 0.333. The van der Waals surface area contributed by atoms with Crippen molar-refractivity contribution in [2.75, 3.05) is 13.1 Å². The largest absolute Gasteiger partial charge is 0.390 e. The van der Waals surface area contributed by atoms with E-state index in [0.29, 0.717) is 16.6 Å². The quantitative estimate of drug-likeness (QED) is 0.684. The van der Waals surface area contributed by atoms with Crippen molar-refractivity contribution in [1.29, 1.82) is 0 Å². The van der Waals surface area contributed by atoms with Gasteiger partial charge in [0.15, 0.2) is 0 Å². The molecular weight excluding hydrogens is 331 g/mol. The van der Waals surface area contributed by atoms with Crippen LogP contribution in [0.4, 0.5) is 0 Å². The van der Waals surface area contributed by atoms with Crippen molar-refractivity contribution >= 4 is 45.0 Å². The standard InChI is InChI=1S/C18H18Cl2N2O/c19-11-3-5-15-13(8-11)14-9-12(20)4-6-16(14)22(15)17-2-1-7-21-10-18(17)23/h3-6,8-9,17-18,21,23H,1-2,7,10H2/t17-,18-/m0/s1. The number of hydrogen-bond donors (Lipinski definition) is 2. The van der Waals surface area contributed by atoms with Crippen LogP contribution in [0, 0.1) is 0 Å². The molecule has 1 saturated heterocycles. The number of benzene rings is 2. The van der Waals surface area contributed by atoms with Crippen LogP contribution in [0.15, 0.2) is 36.4 Å². The number of aliphatic hydroxyl groups excluding tert-OH is 1. The van der Waals surface area contributed by atoms with Gasteiger partial charge in [-0.2, -0.15) is 0 Å². The van der Waals surface area contributed by atoms with Crippen LogP contribution >= 0.6 is 23.2 Å². The van der Waals surface area contributed by atoms with E-state index >= 15 is 0 Å². The summed E-state index contributed by atoms with van der Waals surface area (Å²) in [6.45, 7) is 1.56. The molecule has 4 rings (SSSR count). The van der Waals surface area contributed by atoms with Crippen LogP contribution in [0.25, 0.3) is 21.8 Å². The van der Waals surface area contributed by atoms with Crippen molar-refractivity contribution < 1.29 is 5.11 Å². The Balaban J connectivity index is 2.03. The second-order valence-corrected chi connectivity index (χ2v) is 7.05. The number of halogens is 2. The zero-order valence-corrected chi connectivity index (χ0v) is 14.1. The number of nitrogens with zero attached hydrogens (tertiary/aromatic N) is 1. The molecule has 1 aliphatic heterocycles. The van der Waals surface area contributed by atoms with Crippen molar-refractivity contribution in [1.82, 2.24) is 9.88 Å². The highest BCUT2D eigenvalue weighted by Gasteiger charge is 2.26. The molecule has 2 heterocycles. The van der Waals surface area contributed by atoms with E-state index in [0.717, 1.165) is 41.2 Å². The average molecular weight is 349 g/mol. The Hall–Kier alpha value is -1.26. The molecule has 3 aromatic rings. The van der Waals surface area contributed by atoms with Crippen LogP contribution in [0.3, 0.4) is 0 Å². The van der Waals surface area contributed by atoms with Crippen LogP contribution in [0.2, 0.25) is 10.0 Å². The maximum atomic E-state index is 10.6. The van der Waals surface area contributed by atoms with Crippen LogP contribution in [0.5, 0.6) is 0 Å². The summed E-state index contributed by atoms with van der Waals surface area (Å²) in [6, 6.07) is 11.9. The minimum atomic E-state index is -0.414. The Morgan fingerprint density at radius 2 is 1.61 bits per heavy atom. The third-order valence-electron chi connectivity index (χ3n) is 4.71. The number of fused-ring (bicyclic) bond motifs is 3. The van der Waals surface area contributed by atoms with Gasteiger partial charge >= 0.3 is 0 Å². The number of aliphatic hydroxyl groups is 1. The first-order chi connectivity index (χ1) is 11.1. The Labute approximate surface area is 144 Å². The molecule has 2 atom stereocenters. The van der Waals surface area contributed by atoms with E-state index < -0.39 is 6.10 Å². The van der Waals surface area contributed by atoms with E-state index in [1.54, 1.807) is 0 Å². The summed E-state index contributed by atoms with van der Waals surface area (Å²) < 4.78 is 2.26. The topological polar surface area (TPSA) is 37.2 Å². The number of nitrogens with one attached hydrogen (secondary N) is 1. The lowest BCUT2D eigenvalue weighted by atomic mass is 10.1. The summed E-state index contributed by atoms with van der Waals surface area (Å²) in [5.74, 6) is 0. The normalized spacial score (nSPS) is 22.6. The molecule has 2 aromatic carbocycles. The molecule has 1 fully saturated rings. The van der Waals surface area contributed by atoms with Crippen LogP contribution in [-0.4, -0.2) is 28.9 Å². The lowest BCUT2D eigenvalue weighted by Gasteiger charge is -2.24. The van der Waals surface area contributed by atoms with Crippen molar-refractivity contribution in [2.24, 2.45) is 0 Å². The fourth-order valence-electron chi connectivity index (χ4n) is 3.67. The summed E-state index contributed by atoms with van der Waals surface area (Å²) in [5.41, 5.74) is 2.19. The third kappa shape index (κ3) is 2.62. The van der Waals surface area contributed by atoms with Crippen molar-refractivity contribution in [3.8, 4) is 0 Å². The average Bonchev–Trinajstić information content (AvgIpc) is 2.68. The lowest BCUT2D eigenvalue weighted by molar-refractivity contribution is 0.119. The van der Waals surface area contributed by atoms with Gasteiger partial charge in [0.05, 0.1) is 12.1 Å². The lowest BCUT2D eigenvalue weighted by Crippen LogP contribution is -2.31. The highest BCUT2D eigenvalue weighted by molar-refractivity contribution is 6.33. The first kappa shape index (κ1) is 15.3. The van der Waals surface area contributed by atoms with E-state index in [1.807, 2.05) is 36.4 Å². The van der Waals surface area contributed by atoms with E-state index in [4.69, 9.17) is 23.2 Å². The van der Waals surface area contributed by atoms with Crippen LogP contribution in [0.1, 0.15) is 18.9 Å². The second-order valence-electron chi connectivity index (χ2n) is 6.17. The van der Waals surface area contributed by atoms with Gasteiger partial charge < -0.3 is 15.0 Å². The Kier molecular flexibility index (Phi) is 3.98. The molecule has 120 valence electrons. The molecule has 0 radical (unpaired) electrons. The SMILES string of the molecule is O[C@H]1CNCCC[C@@H]1n1c2ccc(Cl)cc2c2cc(Cl)ccc21. The van der Waals surface area contributed by atoms with E-state index in [9.17, 15) is 5.11 Å². The Morgan fingerprint density at radius 1 is 1.00 bits per heavy atom. The van der Waals surface area contributed by atoms with Crippen molar-refractivity contribution in [3.05, 3.63) is 46.4 Å². The maximum Gasteiger partial charge on any atom is 0.0871 e. The predicted molar refractivity (Wildman–Crippen MR) is 96.6 cm³/mol. The minimum Gasteiger partial charge on any atom is -0.390 e. The summed E-state index contributed by atoms with van der Waals surface area (Å²) in [7, 11) is 0. The van der Waals surface area contributed by atoms with Crippen LogP contribution in [-0.2, 0) is 0 Å². The van der Waals surface area contributed by atoms with Gasteiger partial charge in [-0.25, -0.2) is 0 Å². The minimum absolute atomic E-state index is 0.0485. The molecule has 0 spiro atoms. The monoisotopic (exact) mass is 348 g/mol. The molecule has 0 aliphatic carbocycles. The van der Waals surface area contributed by atoms with Crippen LogP contribution < -0.4 is 5.32 Å². The predicted octanol–water partition coefficient (Wildman–Crippen LogP) is 4.39. The van der Waals surface area contributed by atoms with Crippen molar-refractivity contribution in [3.63, 3.8) is 0 Å². The molecular formula is C18H18Cl2N2O. The summed E-state index contributed by atoms with van der Waals surface area (Å²) >= 11 is 12.4. The first-order valence-corrected chi connectivity index (χ1v) is 8.68. The zero-order valence-electron chi connectivity index (χ0n) is 12.6. The molecule has 0 unspecified atom stereocenters. The first-order valence-electron chi connectivity index (χ1n) is 7.92. The molecule has 23 heavy (non-hydrogen) atoms. The zero-order chi connectivity index (χ0) is 16.0. The number of rotatable bonds is 1. The molecule has 2 N–H and O–H groups in total. The van der Waals surface area contributed by atoms with Gasteiger partial charge in [-0.05, 0) is 55.8 Å². The van der Waals surface area contributed by atoms with Gasteiger partial charge in [-0.15, -0.1) is 0 Å². The van der Waals surface area contributed by atoms with Gasteiger partial charge in [0.1, 0.15) is 0 Å². The smallest absolute Gasteiger partial charge is 0.0871 e. The molecule has 5 heteroatoms. The molecule has 0 amide bonds. The van der Waals surface area contributed by atoms with Gasteiger partial charge in [0.25, 0.3) is 0 Å². The molecule has 1 aromatic heterocycles. The van der Waals surface area contributed by atoms with Gasteiger partial charge in [0, 0.05) is 38.4 Å². The number of hydrogen-bond acceptors (Lipinski definition) is 2. The molecule has 3 nitrogen and oxygen atoms in total. The molecule has 1 aliphatic rings. The second kappa shape index (κ2) is 5.99. The van der Waals surface area contributed by atoms with Crippen molar-refractivity contribution in [2.45, 2.75) is 25.0 Å². The Bertz CT molecular complexity index is 815. The third-order valence-corrected chi connectivity index (χ3v) is 5.18. The maximum absolute atomic E-state index is 10.6. The summed E-state index contributed by atoms with van der Waals surface area (Å²) in [5, 5.41) is 17.5. The highest BCUT2D eigenvalue weighted by Crippen LogP contribution is 2.37. The van der Waals surface area contributed by atoms with Gasteiger partial charge in [-0.3, -0.25) is 0 Å². The van der Waals surface area contributed by atoms with E-state index in [-0.39, 0.29) is 6.04 Å². The van der Waals surface area contributed by atoms with E-state index in [2.05, 4.69) is 9.88 Å². The summed E-state index contributed by atoms with van der Waals surface area (Å²) in [4.78, 5) is 0. The fourth-order valence-corrected chi connectivity index (χ4v) is 4.02.